The monoisotopic (exact) mass is 146 g/mol. The number of carboxylic acids is 1. The van der Waals surface area contributed by atoms with E-state index >= 15 is 0 Å². The van der Waals surface area contributed by atoms with Crippen molar-refractivity contribution < 1.29 is 9.90 Å². The first-order chi connectivity index (χ1) is 4.04. The average molecular weight is 147 g/mol. The van der Waals surface area contributed by atoms with E-state index in [4.69, 9.17) is 16.7 Å². The minimum Gasteiger partial charge on any atom is -0.481 e. The number of halogens is 1. The van der Waals surface area contributed by atoms with Gasteiger partial charge in [-0.2, -0.15) is 0 Å². The van der Waals surface area contributed by atoms with E-state index in [1.54, 1.807) is 0 Å². The molecule has 0 aliphatic rings. The lowest BCUT2D eigenvalue weighted by Crippen LogP contribution is -1.95. The Morgan fingerprint density at radius 1 is 1.56 bits per heavy atom. The molecule has 9 heavy (non-hydrogen) atoms. The van der Waals surface area contributed by atoms with Crippen molar-refractivity contribution in [3.63, 3.8) is 0 Å². The number of hydrogen-bond acceptors (Lipinski definition) is 1. The third-order valence-electron chi connectivity index (χ3n) is 0.748. The third kappa shape index (κ3) is 3.79. The molecule has 0 aromatic rings. The van der Waals surface area contributed by atoms with E-state index in [0.717, 1.165) is 0 Å². The minimum absolute atomic E-state index is 0.137. The van der Waals surface area contributed by atoms with Crippen LogP contribution >= 0.6 is 11.6 Å². The van der Waals surface area contributed by atoms with E-state index in [1.807, 2.05) is 0 Å². The molecule has 0 aliphatic carbocycles. The molecule has 0 spiro atoms. The molecule has 0 fully saturated rings. The Kier molecular flexibility index (Phi) is 3.02. The van der Waals surface area contributed by atoms with E-state index in [9.17, 15) is 4.79 Å². The summed E-state index contributed by atoms with van der Waals surface area (Å²) in [6.45, 7) is 6.69. The van der Waals surface area contributed by atoms with Crippen molar-refractivity contribution in [2.75, 3.05) is 0 Å². The van der Waals surface area contributed by atoms with Crippen LogP contribution in [0.5, 0.6) is 0 Å². The third-order valence-corrected chi connectivity index (χ3v) is 1.02. The summed E-state index contributed by atoms with van der Waals surface area (Å²) in [5.41, 5.74) is 0.351. The van der Waals surface area contributed by atoms with Gasteiger partial charge in [0.15, 0.2) is 0 Å². The van der Waals surface area contributed by atoms with Gasteiger partial charge in [0, 0.05) is 5.03 Å². The van der Waals surface area contributed by atoms with Crippen molar-refractivity contribution in [2.45, 2.75) is 6.42 Å². The Labute approximate surface area is 58.4 Å². The van der Waals surface area contributed by atoms with Gasteiger partial charge in [-0.25, -0.2) is 0 Å². The van der Waals surface area contributed by atoms with Gasteiger partial charge in [-0.1, -0.05) is 24.8 Å². The summed E-state index contributed by atoms with van der Waals surface area (Å²) < 4.78 is 0. The summed E-state index contributed by atoms with van der Waals surface area (Å²) in [6, 6.07) is 0. The highest BCUT2D eigenvalue weighted by Crippen LogP contribution is 2.12. The molecule has 0 saturated heterocycles. The number of carbonyl (C=O) groups is 1. The number of rotatable bonds is 3. The summed E-state index contributed by atoms with van der Waals surface area (Å²) >= 11 is 5.31. The Morgan fingerprint density at radius 2 is 2.00 bits per heavy atom. The molecule has 0 aliphatic heterocycles. The second-order valence-electron chi connectivity index (χ2n) is 1.58. The predicted octanol–water partition coefficient (Wildman–Crippen LogP) is 1.77. The van der Waals surface area contributed by atoms with Crippen LogP contribution in [0.15, 0.2) is 23.8 Å². The van der Waals surface area contributed by atoms with Crippen LogP contribution in [0.4, 0.5) is 0 Å². The molecule has 0 heterocycles. The molecule has 0 aromatic heterocycles. The normalized spacial score (nSPS) is 8.56. The molecule has 0 bridgehead atoms. The Hall–Kier alpha value is -0.760. The molecule has 0 amide bonds. The van der Waals surface area contributed by atoms with Crippen molar-refractivity contribution in [3.8, 4) is 0 Å². The first-order valence-electron chi connectivity index (χ1n) is 2.28. The van der Waals surface area contributed by atoms with Crippen LogP contribution in [-0.2, 0) is 4.79 Å². The Bertz CT molecular complexity index is 160. The van der Waals surface area contributed by atoms with Crippen molar-refractivity contribution in [1.82, 2.24) is 0 Å². The lowest BCUT2D eigenvalue weighted by molar-refractivity contribution is -0.136. The van der Waals surface area contributed by atoms with Gasteiger partial charge >= 0.3 is 5.97 Å². The van der Waals surface area contributed by atoms with Gasteiger partial charge in [0.2, 0.25) is 0 Å². The molecular formula is C6H7ClO2. The average Bonchev–Trinajstić information content (AvgIpc) is 1.63. The maximum Gasteiger partial charge on any atom is 0.307 e. The zero-order chi connectivity index (χ0) is 7.44. The van der Waals surface area contributed by atoms with Gasteiger partial charge in [-0.3, -0.25) is 4.79 Å². The van der Waals surface area contributed by atoms with E-state index < -0.39 is 5.97 Å². The SMILES string of the molecule is C=C(Cl)C(=C)CC(=O)O. The molecule has 0 aromatic carbocycles. The smallest absolute Gasteiger partial charge is 0.307 e. The number of aliphatic carboxylic acids is 1. The molecule has 0 rings (SSSR count). The molecular weight excluding hydrogens is 140 g/mol. The molecule has 0 unspecified atom stereocenters. The first-order valence-corrected chi connectivity index (χ1v) is 2.66. The fraction of sp³-hybridized carbons (Fsp3) is 0.167. The minimum atomic E-state index is -0.943. The highest BCUT2D eigenvalue weighted by atomic mass is 35.5. The zero-order valence-electron chi connectivity index (χ0n) is 4.85. The lowest BCUT2D eigenvalue weighted by atomic mass is 10.2. The summed E-state index contributed by atoms with van der Waals surface area (Å²) in [7, 11) is 0. The van der Waals surface area contributed by atoms with Crippen molar-refractivity contribution in [2.24, 2.45) is 0 Å². The quantitative estimate of drug-likeness (QED) is 0.617. The lowest BCUT2D eigenvalue weighted by Gasteiger charge is -1.95. The summed E-state index contributed by atoms with van der Waals surface area (Å²) in [5.74, 6) is -0.943. The summed E-state index contributed by atoms with van der Waals surface area (Å²) in [5, 5.41) is 8.38. The van der Waals surface area contributed by atoms with E-state index in [0.29, 0.717) is 5.57 Å². The van der Waals surface area contributed by atoms with Crippen LogP contribution in [0.2, 0.25) is 0 Å². The second kappa shape index (κ2) is 3.30. The van der Waals surface area contributed by atoms with Gasteiger partial charge < -0.3 is 5.11 Å². The van der Waals surface area contributed by atoms with Crippen LogP contribution in [0.25, 0.3) is 0 Å². The van der Waals surface area contributed by atoms with Gasteiger partial charge in [0.1, 0.15) is 0 Å². The Morgan fingerprint density at radius 3 is 2.11 bits per heavy atom. The van der Waals surface area contributed by atoms with E-state index in [1.165, 1.54) is 0 Å². The number of carboxylic acid groups (broad SMARTS) is 1. The van der Waals surface area contributed by atoms with Crippen LogP contribution in [0.3, 0.4) is 0 Å². The molecule has 1 N–H and O–H groups in total. The van der Waals surface area contributed by atoms with Gasteiger partial charge in [-0.15, -0.1) is 0 Å². The van der Waals surface area contributed by atoms with Crippen molar-refractivity contribution in [3.05, 3.63) is 23.8 Å². The molecule has 3 heteroatoms. The molecule has 0 radical (unpaired) electrons. The fourth-order valence-electron chi connectivity index (χ4n) is 0.278. The standard InChI is InChI=1S/C6H7ClO2/c1-4(5(2)7)3-6(8)9/h1-3H2,(H,8,9). The zero-order valence-corrected chi connectivity index (χ0v) is 5.61. The van der Waals surface area contributed by atoms with Crippen LogP contribution in [0.1, 0.15) is 6.42 Å². The topological polar surface area (TPSA) is 37.3 Å². The van der Waals surface area contributed by atoms with Crippen LogP contribution < -0.4 is 0 Å². The maximum atomic E-state index is 9.95. The van der Waals surface area contributed by atoms with E-state index in [2.05, 4.69) is 13.2 Å². The van der Waals surface area contributed by atoms with Crippen LogP contribution in [0, 0.1) is 0 Å². The van der Waals surface area contributed by atoms with Crippen molar-refractivity contribution >= 4 is 17.6 Å². The summed E-state index contributed by atoms with van der Waals surface area (Å²) in [6.07, 6.45) is -0.137. The molecule has 2 nitrogen and oxygen atoms in total. The summed E-state index contributed by atoms with van der Waals surface area (Å²) in [4.78, 5) is 9.95. The van der Waals surface area contributed by atoms with Crippen molar-refractivity contribution in [1.29, 1.82) is 0 Å². The largest absolute Gasteiger partial charge is 0.481 e. The van der Waals surface area contributed by atoms with E-state index in [-0.39, 0.29) is 11.5 Å². The number of allylic oxidation sites excluding steroid dienone is 1. The fourth-order valence-corrected chi connectivity index (χ4v) is 0.345. The van der Waals surface area contributed by atoms with Crippen LogP contribution in [-0.4, -0.2) is 11.1 Å². The second-order valence-corrected chi connectivity index (χ2v) is 2.04. The highest BCUT2D eigenvalue weighted by molar-refractivity contribution is 6.31. The van der Waals surface area contributed by atoms with Gasteiger partial charge in [0.05, 0.1) is 6.42 Å². The Balaban J connectivity index is 3.79. The van der Waals surface area contributed by atoms with Gasteiger partial charge in [-0.05, 0) is 5.57 Å². The highest BCUT2D eigenvalue weighted by Gasteiger charge is 2.01. The maximum absolute atomic E-state index is 9.95. The molecule has 50 valence electrons. The molecule has 0 atom stereocenters. The predicted molar refractivity (Wildman–Crippen MR) is 36.4 cm³/mol. The number of hydrogen-bond donors (Lipinski definition) is 1. The first kappa shape index (κ1) is 8.24. The molecule has 0 saturated carbocycles. The van der Waals surface area contributed by atoms with Gasteiger partial charge in [0.25, 0.3) is 0 Å².